The molecule has 2 aliphatic heterocycles. The fourth-order valence-corrected chi connectivity index (χ4v) is 3.27. The van der Waals surface area contributed by atoms with E-state index in [0.29, 0.717) is 49.3 Å². The van der Waals surface area contributed by atoms with Gasteiger partial charge < -0.3 is 19.1 Å². The van der Waals surface area contributed by atoms with Crippen LogP contribution in [0.2, 0.25) is 0 Å². The van der Waals surface area contributed by atoms with Gasteiger partial charge in [0.25, 0.3) is 0 Å². The summed E-state index contributed by atoms with van der Waals surface area (Å²) in [4.78, 5) is 26.5. The quantitative estimate of drug-likeness (QED) is 0.729. The van der Waals surface area contributed by atoms with E-state index >= 15 is 0 Å². The van der Waals surface area contributed by atoms with Crippen molar-refractivity contribution in [3.8, 4) is 11.5 Å². The Morgan fingerprint density at radius 1 is 1.10 bits per heavy atom. The predicted molar refractivity (Wildman–Crippen MR) is 108 cm³/mol. The van der Waals surface area contributed by atoms with Crippen molar-refractivity contribution in [1.29, 1.82) is 0 Å². The standard InChI is InChI=1S/C23H23NO5/c1-15(2)17-5-3-16(4-6-17)13-21-22(25)19-8-7-18(14-20(19)29-21)28-23(26)24-9-11-27-12-10-24/h3-8,13-15H,9-12H2,1-2H3/b21-13+. The van der Waals surface area contributed by atoms with Crippen LogP contribution in [-0.2, 0) is 4.74 Å². The van der Waals surface area contributed by atoms with E-state index in [0.717, 1.165) is 5.56 Å². The smallest absolute Gasteiger partial charge is 0.415 e. The van der Waals surface area contributed by atoms with Crippen LogP contribution in [0.3, 0.4) is 0 Å². The lowest BCUT2D eigenvalue weighted by Gasteiger charge is -2.25. The molecule has 0 aromatic heterocycles. The molecule has 4 rings (SSSR count). The average Bonchev–Trinajstić information content (AvgIpc) is 3.03. The number of ether oxygens (including phenoxy) is 3. The van der Waals surface area contributed by atoms with Gasteiger partial charge in [-0.05, 0) is 35.3 Å². The lowest BCUT2D eigenvalue weighted by molar-refractivity contribution is 0.0416. The van der Waals surface area contributed by atoms with Gasteiger partial charge in [-0.3, -0.25) is 4.79 Å². The largest absolute Gasteiger partial charge is 0.452 e. The van der Waals surface area contributed by atoms with Crippen molar-refractivity contribution in [1.82, 2.24) is 4.90 Å². The van der Waals surface area contributed by atoms with Crippen molar-refractivity contribution < 1.29 is 23.8 Å². The van der Waals surface area contributed by atoms with Crippen LogP contribution in [0.4, 0.5) is 4.79 Å². The highest BCUT2D eigenvalue weighted by atomic mass is 16.6. The maximum Gasteiger partial charge on any atom is 0.415 e. The number of ketones is 1. The molecule has 2 aromatic rings. The van der Waals surface area contributed by atoms with Gasteiger partial charge in [0.05, 0.1) is 18.8 Å². The van der Waals surface area contributed by atoms with Gasteiger partial charge in [0.1, 0.15) is 11.5 Å². The van der Waals surface area contributed by atoms with E-state index in [1.165, 1.54) is 5.56 Å². The van der Waals surface area contributed by atoms with Gasteiger partial charge >= 0.3 is 6.09 Å². The molecule has 0 spiro atoms. The van der Waals surface area contributed by atoms with Gasteiger partial charge in [-0.1, -0.05) is 38.1 Å². The molecule has 1 saturated heterocycles. The topological polar surface area (TPSA) is 65.1 Å². The number of amides is 1. The van der Waals surface area contributed by atoms with Crippen LogP contribution in [0.15, 0.2) is 48.2 Å². The zero-order valence-corrected chi connectivity index (χ0v) is 16.5. The van der Waals surface area contributed by atoms with Gasteiger partial charge in [-0.25, -0.2) is 4.79 Å². The normalized spacial score (nSPS) is 17.4. The van der Waals surface area contributed by atoms with Crippen LogP contribution in [0.1, 0.15) is 41.3 Å². The molecule has 2 aromatic carbocycles. The highest BCUT2D eigenvalue weighted by Crippen LogP contribution is 2.35. The van der Waals surface area contributed by atoms with E-state index in [1.54, 1.807) is 29.2 Å². The lowest BCUT2D eigenvalue weighted by Crippen LogP contribution is -2.42. The highest BCUT2D eigenvalue weighted by molar-refractivity contribution is 6.14. The first-order chi connectivity index (χ1) is 14.0. The molecule has 0 bridgehead atoms. The fraction of sp³-hybridized carbons (Fsp3) is 0.304. The minimum absolute atomic E-state index is 0.181. The summed E-state index contributed by atoms with van der Waals surface area (Å²) in [6, 6.07) is 12.9. The molecule has 29 heavy (non-hydrogen) atoms. The second-order valence-corrected chi connectivity index (χ2v) is 7.39. The number of morpholine rings is 1. The van der Waals surface area contributed by atoms with Crippen molar-refractivity contribution in [2.45, 2.75) is 19.8 Å². The summed E-state index contributed by atoms with van der Waals surface area (Å²) in [6.45, 7) is 6.28. The number of nitrogens with zero attached hydrogens (tertiary/aromatic N) is 1. The summed E-state index contributed by atoms with van der Waals surface area (Å²) >= 11 is 0. The Balaban J connectivity index is 1.48. The Kier molecular flexibility index (Phi) is 5.36. The number of fused-ring (bicyclic) bond motifs is 1. The molecule has 0 N–H and O–H groups in total. The molecular weight excluding hydrogens is 370 g/mol. The molecule has 6 nitrogen and oxygen atoms in total. The molecule has 0 aliphatic carbocycles. The fourth-order valence-electron chi connectivity index (χ4n) is 3.27. The maximum absolute atomic E-state index is 12.6. The second kappa shape index (κ2) is 8.09. The van der Waals surface area contributed by atoms with E-state index in [9.17, 15) is 9.59 Å². The average molecular weight is 393 g/mol. The van der Waals surface area contributed by atoms with Crippen LogP contribution in [0.25, 0.3) is 6.08 Å². The van der Waals surface area contributed by atoms with Crippen molar-refractivity contribution in [3.63, 3.8) is 0 Å². The first-order valence-corrected chi connectivity index (χ1v) is 9.74. The van der Waals surface area contributed by atoms with Crippen molar-refractivity contribution in [3.05, 3.63) is 64.9 Å². The van der Waals surface area contributed by atoms with Crippen molar-refractivity contribution >= 4 is 18.0 Å². The van der Waals surface area contributed by atoms with E-state index in [1.807, 2.05) is 24.3 Å². The molecule has 2 heterocycles. The Labute approximate surface area is 169 Å². The van der Waals surface area contributed by atoms with Crippen LogP contribution in [0, 0.1) is 0 Å². The highest BCUT2D eigenvalue weighted by Gasteiger charge is 2.28. The van der Waals surface area contributed by atoms with Gasteiger partial charge in [-0.2, -0.15) is 0 Å². The molecule has 0 unspecified atom stereocenters. The summed E-state index contributed by atoms with van der Waals surface area (Å²) in [5.41, 5.74) is 2.59. The minimum atomic E-state index is -0.432. The van der Waals surface area contributed by atoms with E-state index in [2.05, 4.69) is 13.8 Å². The first-order valence-electron chi connectivity index (χ1n) is 9.74. The van der Waals surface area contributed by atoms with E-state index < -0.39 is 6.09 Å². The van der Waals surface area contributed by atoms with Crippen LogP contribution in [0.5, 0.6) is 11.5 Å². The summed E-state index contributed by atoms with van der Waals surface area (Å²) in [7, 11) is 0. The number of benzene rings is 2. The maximum atomic E-state index is 12.6. The third kappa shape index (κ3) is 4.17. The first kappa shape index (κ1) is 19.2. The number of allylic oxidation sites excluding steroid dienone is 1. The molecule has 6 heteroatoms. The molecule has 1 fully saturated rings. The molecular formula is C23H23NO5. The zero-order valence-electron chi connectivity index (χ0n) is 16.5. The van der Waals surface area contributed by atoms with Gasteiger partial charge in [-0.15, -0.1) is 0 Å². The summed E-state index contributed by atoms with van der Waals surface area (Å²) < 4.78 is 16.4. The molecule has 2 aliphatic rings. The van der Waals surface area contributed by atoms with Crippen LogP contribution >= 0.6 is 0 Å². The molecule has 1 amide bonds. The monoisotopic (exact) mass is 393 g/mol. The number of rotatable bonds is 3. The SMILES string of the molecule is CC(C)c1ccc(/C=C2/Oc3cc(OC(=O)N4CCOCC4)ccc3C2=O)cc1. The van der Waals surface area contributed by atoms with Crippen molar-refractivity contribution in [2.75, 3.05) is 26.3 Å². The Bertz CT molecular complexity index is 956. The molecule has 150 valence electrons. The number of carbonyl (C=O) groups is 2. The predicted octanol–water partition coefficient (Wildman–Crippen LogP) is 4.26. The number of carbonyl (C=O) groups excluding carboxylic acids is 2. The third-order valence-electron chi connectivity index (χ3n) is 5.02. The minimum Gasteiger partial charge on any atom is -0.452 e. The van der Waals surface area contributed by atoms with Gasteiger partial charge in [0.2, 0.25) is 5.78 Å². The Morgan fingerprint density at radius 3 is 2.52 bits per heavy atom. The van der Waals surface area contributed by atoms with E-state index in [-0.39, 0.29) is 11.5 Å². The summed E-state index contributed by atoms with van der Waals surface area (Å²) in [6.07, 6.45) is 1.30. The second-order valence-electron chi connectivity index (χ2n) is 7.39. The number of hydrogen-bond donors (Lipinski definition) is 0. The summed E-state index contributed by atoms with van der Waals surface area (Å²) in [5, 5.41) is 0. The van der Waals surface area contributed by atoms with Gasteiger partial charge in [0, 0.05) is 19.2 Å². The van der Waals surface area contributed by atoms with E-state index in [4.69, 9.17) is 14.2 Å². The van der Waals surface area contributed by atoms with Crippen molar-refractivity contribution in [2.24, 2.45) is 0 Å². The molecule has 0 radical (unpaired) electrons. The molecule has 0 saturated carbocycles. The molecule has 0 atom stereocenters. The number of hydrogen-bond acceptors (Lipinski definition) is 5. The Hall–Kier alpha value is -3.12. The van der Waals surface area contributed by atoms with Crippen LogP contribution in [-0.4, -0.2) is 43.1 Å². The van der Waals surface area contributed by atoms with Gasteiger partial charge in [0.15, 0.2) is 5.76 Å². The summed E-state index contributed by atoms with van der Waals surface area (Å²) in [5.74, 6) is 1.26. The lowest BCUT2D eigenvalue weighted by atomic mass is 10.0. The zero-order chi connectivity index (χ0) is 20.4. The Morgan fingerprint density at radius 2 is 1.83 bits per heavy atom. The number of Topliss-reactive ketones (excluding diaryl/α,β-unsaturated/α-hetero) is 1. The third-order valence-corrected chi connectivity index (χ3v) is 5.02. The van der Waals surface area contributed by atoms with Crippen LogP contribution < -0.4 is 9.47 Å².